The van der Waals surface area contributed by atoms with Gasteiger partial charge >= 0.3 is 5.97 Å². The number of hydrogen-bond acceptors (Lipinski definition) is 4. The van der Waals surface area contributed by atoms with Crippen molar-refractivity contribution < 1.29 is 19.1 Å². The van der Waals surface area contributed by atoms with Crippen LogP contribution < -0.4 is 0 Å². The maximum absolute atomic E-state index is 13.5. The van der Waals surface area contributed by atoms with Gasteiger partial charge in [-0.2, -0.15) is 0 Å². The lowest BCUT2D eigenvalue weighted by molar-refractivity contribution is -0.158. The summed E-state index contributed by atoms with van der Waals surface area (Å²) in [6.07, 6.45) is 2.36. The summed E-state index contributed by atoms with van der Waals surface area (Å²) in [7, 11) is 0. The van der Waals surface area contributed by atoms with E-state index in [4.69, 9.17) is 0 Å². The molecule has 0 aromatic carbocycles. The number of carbonyl (C=O) groups excluding carboxylic acids is 1. The van der Waals surface area contributed by atoms with Crippen LogP contribution in [0.15, 0.2) is 40.0 Å². The second kappa shape index (κ2) is 5.14. The van der Waals surface area contributed by atoms with Crippen molar-refractivity contribution in [2.45, 2.75) is 30.5 Å². The maximum Gasteiger partial charge on any atom is 0.353 e. The molecule has 1 fully saturated rings. The van der Waals surface area contributed by atoms with Gasteiger partial charge in [-0.15, -0.1) is 0 Å². The molecule has 7 heteroatoms. The molecule has 3 rings (SSSR count). The molecule has 1 aromatic rings. The number of aliphatic carboxylic acids is 1. The summed E-state index contributed by atoms with van der Waals surface area (Å²) in [6, 6.07) is 3.17. The number of halogens is 1. The fourth-order valence-corrected chi connectivity index (χ4v) is 3.92. The summed E-state index contributed by atoms with van der Waals surface area (Å²) in [5.74, 6) is -2.31. The van der Waals surface area contributed by atoms with E-state index in [0.29, 0.717) is 11.3 Å². The number of carboxylic acid groups (broad SMARTS) is 1. The monoisotopic (exact) mass is 308 g/mol. The van der Waals surface area contributed by atoms with Crippen molar-refractivity contribution in [2.75, 3.05) is 0 Å². The number of carboxylic acids is 1. The van der Waals surface area contributed by atoms with Gasteiger partial charge in [0.05, 0.1) is 12.0 Å². The third-order valence-electron chi connectivity index (χ3n) is 3.76. The Bertz CT molecular complexity index is 632. The summed E-state index contributed by atoms with van der Waals surface area (Å²) >= 11 is 1.29. The standard InChI is InChI=1S/C14H13FN2O3S/c1-7(15)11-9-6-10(21-8-2-4-16-5-3-8)12(14(19)20)17(9)13(11)18/h2-5,7,9,11H,6H2,1H3,(H,19,20)/t7-,9-,11-/m1/s1. The maximum atomic E-state index is 13.5. The van der Waals surface area contributed by atoms with Gasteiger partial charge in [0.1, 0.15) is 11.9 Å². The molecule has 1 aromatic heterocycles. The van der Waals surface area contributed by atoms with Gasteiger partial charge in [0.15, 0.2) is 0 Å². The van der Waals surface area contributed by atoms with Crippen LogP contribution in [0.1, 0.15) is 13.3 Å². The number of β-lactam (4-membered cyclic amide) rings is 1. The molecule has 3 atom stereocenters. The highest BCUT2D eigenvalue weighted by Gasteiger charge is 2.57. The number of pyridine rings is 1. The van der Waals surface area contributed by atoms with Gasteiger partial charge in [-0.25, -0.2) is 9.18 Å². The number of carbonyl (C=O) groups is 2. The Morgan fingerprint density at radius 2 is 2.19 bits per heavy atom. The van der Waals surface area contributed by atoms with Crippen LogP contribution in [0.2, 0.25) is 0 Å². The summed E-state index contributed by atoms with van der Waals surface area (Å²) < 4.78 is 13.5. The highest BCUT2D eigenvalue weighted by Crippen LogP contribution is 2.48. The van der Waals surface area contributed by atoms with E-state index in [1.807, 2.05) is 0 Å². The zero-order valence-corrected chi connectivity index (χ0v) is 12.0. The number of hydrogen-bond donors (Lipinski definition) is 1. The molecule has 2 aliphatic heterocycles. The molecule has 5 nitrogen and oxygen atoms in total. The molecular weight excluding hydrogens is 295 g/mol. The fourth-order valence-electron chi connectivity index (χ4n) is 2.85. The molecule has 110 valence electrons. The van der Waals surface area contributed by atoms with Crippen molar-refractivity contribution in [3.05, 3.63) is 35.1 Å². The minimum Gasteiger partial charge on any atom is -0.477 e. The molecule has 1 saturated heterocycles. The number of fused-ring (bicyclic) bond motifs is 1. The van der Waals surface area contributed by atoms with Crippen LogP contribution in [0.25, 0.3) is 0 Å². The number of amides is 1. The summed E-state index contributed by atoms with van der Waals surface area (Å²) in [4.78, 5) is 30.0. The van der Waals surface area contributed by atoms with E-state index in [9.17, 15) is 19.1 Å². The number of rotatable bonds is 4. The van der Waals surface area contributed by atoms with Crippen molar-refractivity contribution in [2.24, 2.45) is 5.92 Å². The van der Waals surface area contributed by atoms with Crippen LogP contribution in [0, 0.1) is 5.92 Å². The van der Waals surface area contributed by atoms with Gasteiger partial charge < -0.3 is 10.0 Å². The quantitative estimate of drug-likeness (QED) is 0.862. The molecule has 0 unspecified atom stereocenters. The second-order valence-corrected chi connectivity index (χ2v) is 6.21. The smallest absolute Gasteiger partial charge is 0.353 e. The average molecular weight is 308 g/mol. The molecule has 1 N–H and O–H groups in total. The Balaban J connectivity index is 1.89. The first-order chi connectivity index (χ1) is 10.0. The van der Waals surface area contributed by atoms with E-state index >= 15 is 0 Å². The largest absolute Gasteiger partial charge is 0.477 e. The molecule has 2 aliphatic rings. The van der Waals surface area contributed by atoms with Gasteiger partial charge in [-0.05, 0) is 19.1 Å². The van der Waals surface area contributed by atoms with Crippen molar-refractivity contribution >= 4 is 23.6 Å². The number of thioether (sulfide) groups is 1. The molecule has 0 saturated carbocycles. The molecule has 0 bridgehead atoms. The van der Waals surface area contributed by atoms with Crippen LogP contribution in [-0.4, -0.2) is 39.1 Å². The Hall–Kier alpha value is -1.89. The Kier molecular flexibility index (Phi) is 3.44. The average Bonchev–Trinajstić information content (AvgIpc) is 2.74. The Morgan fingerprint density at radius 3 is 2.76 bits per heavy atom. The normalized spacial score (nSPS) is 25.6. The van der Waals surface area contributed by atoms with Crippen LogP contribution in [0.4, 0.5) is 4.39 Å². The van der Waals surface area contributed by atoms with Crippen molar-refractivity contribution in [3.8, 4) is 0 Å². The van der Waals surface area contributed by atoms with Crippen LogP contribution in [0.3, 0.4) is 0 Å². The van der Waals surface area contributed by atoms with Gasteiger partial charge in [0.25, 0.3) is 0 Å². The second-order valence-electron chi connectivity index (χ2n) is 5.04. The predicted octanol–water partition coefficient (Wildman–Crippen LogP) is 2.06. The first kappa shape index (κ1) is 14.1. The Morgan fingerprint density at radius 1 is 1.52 bits per heavy atom. The third kappa shape index (κ3) is 2.21. The van der Waals surface area contributed by atoms with Crippen molar-refractivity contribution in [1.82, 2.24) is 9.88 Å². The summed E-state index contributed by atoms with van der Waals surface area (Å²) in [5.41, 5.74) is -0.0105. The third-order valence-corrected chi connectivity index (χ3v) is 4.87. The number of nitrogens with zero attached hydrogens (tertiary/aromatic N) is 2. The summed E-state index contributed by atoms with van der Waals surface area (Å²) in [5, 5.41) is 9.36. The molecule has 21 heavy (non-hydrogen) atoms. The topological polar surface area (TPSA) is 70.5 Å². The molecule has 0 aliphatic carbocycles. The SMILES string of the molecule is C[C@@H](F)[C@H]1C(=O)N2C(C(=O)O)=C(Sc3ccncc3)C[C@H]12. The summed E-state index contributed by atoms with van der Waals surface area (Å²) in [6.45, 7) is 1.34. The van der Waals surface area contributed by atoms with Crippen LogP contribution >= 0.6 is 11.8 Å². The lowest BCUT2D eigenvalue weighted by Gasteiger charge is -2.43. The van der Waals surface area contributed by atoms with E-state index < -0.39 is 24.0 Å². The van der Waals surface area contributed by atoms with Gasteiger partial charge in [0.2, 0.25) is 5.91 Å². The molecule has 3 heterocycles. The fraction of sp³-hybridized carbons (Fsp3) is 0.357. The highest BCUT2D eigenvalue weighted by molar-refractivity contribution is 8.03. The highest BCUT2D eigenvalue weighted by atomic mass is 32.2. The molecular formula is C14H13FN2O3S. The Labute approximate surface area is 124 Å². The van der Waals surface area contributed by atoms with E-state index in [2.05, 4.69) is 4.98 Å². The van der Waals surface area contributed by atoms with Crippen molar-refractivity contribution in [1.29, 1.82) is 0 Å². The minimum absolute atomic E-state index is 0.0105. The lowest BCUT2D eigenvalue weighted by atomic mass is 9.84. The van der Waals surface area contributed by atoms with Crippen molar-refractivity contribution in [3.63, 3.8) is 0 Å². The first-order valence-electron chi connectivity index (χ1n) is 6.52. The van der Waals surface area contributed by atoms with E-state index in [1.54, 1.807) is 24.5 Å². The minimum atomic E-state index is -1.26. The van der Waals surface area contributed by atoms with Gasteiger partial charge in [-0.1, -0.05) is 11.8 Å². The first-order valence-corrected chi connectivity index (χ1v) is 7.34. The van der Waals surface area contributed by atoms with E-state index in [-0.39, 0.29) is 11.7 Å². The molecule has 0 radical (unpaired) electrons. The number of aromatic nitrogens is 1. The van der Waals surface area contributed by atoms with Crippen LogP contribution in [0.5, 0.6) is 0 Å². The molecule has 0 spiro atoms. The zero-order valence-electron chi connectivity index (χ0n) is 11.2. The predicted molar refractivity (Wildman–Crippen MR) is 74.1 cm³/mol. The van der Waals surface area contributed by atoms with Gasteiger partial charge in [0, 0.05) is 28.6 Å². The molecule has 1 amide bonds. The zero-order chi connectivity index (χ0) is 15.1. The number of alkyl halides is 1. The lowest BCUT2D eigenvalue weighted by Crippen LogP contribution is -2.61. The van der Waals surface area contributed by atoms with Crippen LogP contribution in [-0.2, 0) is 9.59 Å². The van der Waals surface area contributed by atoms with Gasteiger partial charge in [-0.3, -0.25) is 9.78 Å². The van der Waals surface area contributed by atoms with E-state index in [0.717, 1.165) is 4.90 Å². The van der Waals surface area contributed by atoms with E-state index in [1.165, 1.54) is 23.6 Å².